The van der Waals surface area contributed by atoms with E-state index in [9.17, 15) is 18.0 Å². The van der Waals surface area contributed by atoms with Gasteiger partial charge < -0.3 is 15.5 Å². The molecule has 1 aromatic carbocycles. The quantitative estimate of drug-likeness (QED) is 0.767. The Morgan fingerprint density at radius 1 is 1.38 bits per heavy atom. The van der Waals surface area contributed by atoms with E-state index in [1.54, 1.807) is 0 Å². The van der Waals surface area contributed by atoms with E-state index in [2.05, 4.69) is 15.5 Å². The Labute approximate surface area is 148 Å². The van der Waals surface area contributed by atoms with Crippen LogP contribution < -0.4 is 16.8 Å². The number of nitrogens with zero attached hydrogens (tertiary/aromatic N) is 1. The van der Waals surface area contributed by atoms with Crippen molar-refractivity contribution in [2.24, 2.45) is 11.7 Å². The van der Waals surface area contributed by atoms with Crippen LogP contribution in [0.1, 0.15) is 38.2 Å². The van der Waals surface area contributed by atoms with E-state index in [1.165, 1.54) is 12.1 Å². The summed E-state index contributed by atoms with van der Waals surface area (Å²) in [5, 5.41) is 8.76. The van der Waals surface area contributed by atoms with E-state index < -0.39 is 17.5 Å². The Balaban J connectivity index is 1.90. The topological polar surface area (TPSA) is 96.9 Å². The van der Waals surface area contributed by atoms with Gasteiger partial charge in [-0.3, -0.25) is 0 Å². The number of halogens is 3. The molecule has 1 aliphatic carbocycles. The first-order valence-corrected chi connectivity index (χ1v) is 8.53. The highest BCUT2D eigenvalue weighted by molar-refractivity contribution is 5.65. The molecule has 0 radical (unpaired) electrons. The van der Waals surface area contributed by atoms with Crippen LogP contribution in [0.5, 0.6) is 0 Å². The Kier molecular flexibility index (Phi) is 5.08. The first-order valence-electron chi connectivity index (χ1n) is 8.53. The van der Waals surface area contributed by atoms with Crippen LogP contribution in [-0.4, -0.2) is 22.3 Å². The zero-order valence-electron chi connectivity index (χ0n) is 14.3. The third-order valence-corrected chi connectivity index (χ3v) is 4.86. The summed E-state index contributed by atoms with van der Waals surface area (Å²) in [6.45, 7) is 1.87. The summed E-state index contributed by atoms with van der Waals surface area (Å²) in [6.07, 6.45) is -0.871. The fraction of sp³-hybridized carbons (Fsp3) is 0.529. The normalized spacial score (nSPS) is 22.2. The van der Waals surface area contributed by atoms with Crippen LogP contribution in [0.3, 0.4) is 0 Å². The largest absolute Gasteiger partial charge is 0.434 e. The number of benzene rings is 1. The second-order valence-corrected chi connectivity index (χ2v) is 6.80. The van der Waals surface area contributed by atoms with Crippen molar-refractivity contribution >= 4 is 5.69 Å². The maximum Gasteiger partial charge on any atom is 0.434 e. The standard InChI is InChI=1S/C17H21F3N4O2/c1-9(10-3-2-4-12(21)7-10)22-14-8-11(15-23-24-16(25)26-15)5-6-13(14)17(18,19)20/h5-6,8-10,12,22H,2-4,7,21H2,1H3,(H,24,25)/t9-,10-,12+/m0/s1. The van der Waals surface area contributed by atoms with E-state index in [1.807, 2.05) is 6.92 Å². The van der Waals surface area contributed by atoms with Crippen LogP contribution in [0.25, 0.3) is 11.5 Å². The summed E-state index contributed by atoms with van der Waals surface area (Å²) < 4.78 is 45.0. The van der Waals surface area contributed by atoms with Crippen molar-refractivity contribution in [3.05, 3.63) is 34.3 Å². The van der Waals surface area contributed by atoms with Gasteiger partial charge in [0.2, 0.25) is 5.89 Å². The second kappa shape index (κ2) is 7.14. The van der Waals surface area contributed by atoms with Gasteiger partial charge in [-0.15, -0.1) is 5.10 Å². The van der Waals surface area contributed by atoms with Crippen molar-refractivity contribution in [3.63, 3.8) is 0 Å². The monoisotopic (exact) mass is 370 g/mol. The van der Waals surface area contributed by atoms with Gasteiger partial charge in [0, 0.05) is 23.3 Å². The summed E-state index contributed by atoms with van der Waals surface area (Å²) in [5.74, 6) is -0.620. The molecule has 9 heteroatoms. The number of hydrogen-bond donors (Lipinski definition) is 3. The van der Waals surface area contributed by atoms with Gasteiger partial charge in [0.05, 0.1) is 5.56 Å². The molecular formula is C17H21F3N4O2. The minimum atomic E-state index is -4.50. The Morgan fingerprint density at radius 2 is 2.15 bits per heavy atom. The molecule has 0 spiro atoms. The predicted molar refractivity (Wildman–Crippen MR) is 90.6 cm³/mol. The number of nitrogens with one attached hydrogen (secondary N) is 2. The average Bonchev–Trinajstić information content (AvgIpc) is 3.00. The zero-order chi connectivity index (χ0) is 18.9. The fourth-order valence-corrected chi connectivity index (χ4v) is 3.48. The van der Waals surface area contributed by atoms with Gasteiger partial charge in [-0.25, -0.2) is 9.89 Å². The summed E-state index contributed by atoms with van der Waals surface area (Å²) in [5.41, 5.74) is 5.45. The molecule has 0 unspecified atom stereocenters. The highest BCUT2D eigenvalue weighted by Gasteiger charge is 2.35. The van der Waals surface area contributed by atoms with Crippen molar-refractivity contribution in [1.82, 2.24) is 10.2 Å². The predicted octanol–water partition coefficient (Wildman–Crippen LogP) is 3.37. The molecule has 0 bridgehead atoms. The lowest BCUT2D eigenvalue weighted by Crippen LogP contribution is -2.36. The maximum atomic E-state index is 13.4. The lowest BCUT2D eigenvalue weighted by Gasteiger charge is -2.32. The Bertz CT molecular complexity index is 815. The molecule has 1 heterocycles. The molecule has 142 valence electrons. The van der Waals surface area contributed by atoms with E-state index in [0.29, 0.717) is 0 Å². The first kappa shape index (κ1) is 18.5. The lowest BCUT2D eigenvalue weighted by atomic mass is 9.82. The molecule has 26 heavy (non-hydrogen) atoms. The molecule has 0 aliphatic heterocycles. The molecule has 3 atom stereocenters. The van der Waals surface area contributed by atoms with Crippen molar-refractivity contribution in [1.29, 1.82) is 0 Å². The molecule has 3 rings (SSSR count). The lowest BCUT2D eigenvalue weighted by molar-refractivity contribution is -0.137. The third kappa shape index (κ3) is 4.09. The maximum absolute atomic E-state index is 13.4. The number of anilines is 1. The van der Waals surface area contributed by atoms with E-state index >= 15 is 0 Å². The van der Waals surface area contributed by atoms with Gasteiger partial charge in [0.15, 0.2) is 0 Å². The SMILES string of the molecule is C[C@H](Nc1cc(-c2n[nH]c(=O)o2)ccc1C(F)(F)F)[C@H]1CCC[C@@H](N)C1. The van der Waals surface area contributed by atoms with Crippen LogP contribution in [0, 0.1) is 5.92 Å². The minimum absolute atomic E-state index is 0.0564. The summed E-state index contributed by atoms with van der Waals surface area (Å²) >= 11 is 0. The summed E-state index contributed by atoms with van der Waals surface area (Å²) in [7, 11) is 0. The Morgan fingerprint density at radius 3 is 2.77 bits per heavy atom. The van der Waals surface area contributed by atoms with Gasteiger partial charge in [-0.05, 0) is 50.3 Å². The van der Waals surface area contributed by atoms with Crippen LogP contribution in [0.15, 0.2) is 27.4 Å². The number of rotatable bonds is 4. The van der Waals surface area contributed by atoms with Crippen molar-refractivity contribution in [2.45, 2.75) is 50.9 Å². The molecule has 1 aromatic heterocycles. The molecular weight excluding hydrogens is 349 g/mol. The highest BCUT2D eigenvalue weighted by atomic mass is 19.4. The third-order valence-electron chi connectivity index (χ3n) is 4.86. The van der Waals surface area contributed by atoms with Gasteiger partial charge in [-0.1, -0.05) is 6.42 Å². The molecule has 2 aromatic rings. The molecule has 1 aliphatic rings. The summed E-state index contributed by atoms with van der Waals surface area (Å²) in [4.78, 5) is 11.1. The molecule has 6 nitrogen and oxygen atoms in total. The van der Waals surface area contributed by atoms with E-state index in [4.69, 9.17) is 10.2 Å². The Hall–Kier alpha value is -2.29. The number of aromatic amines is 1. The molecule has 0 saturated heterocycles. The summed E-state index contributed by atoms with van der Waals surface area (Å²) in [6, 6.07) is 3.41. The highest BCUT2D eigenvalue weighted by Crippen LogP contribution is 2.38. The number of nitrogens with two attached hydrogens (primary N) is 1. The van der Waals surface area contributed by atoms with E-state index in [0.717, 1.165) is 31.7 Å². The van der Waals surface area contributed by atoms with Crippen LogP contribution in [-0.2, 0) is 6.18 Å². The number of aromatic nitrogens is 2. The average molecular weight is 370 g/mol. The van der Waals surface area contributed by atoms with Crippen molar-refractivity contribution in [2.75, 3.05) is 5.32 Å². The second-order valence-electron chi connectivity index (χ2n) is 6.80. The van der Waals surface area contributed by atoms with E-state index in [-0.39, 0.29) is 35.1 Å². The smallest absolute Gasteiger partial charge is 0.388 e. The molecule has 1 saturated carbocycles. The molecule has 4 N–H and O–H groups in total. The van der Waals surface area contributed by atoms with Crippen molar-refractivity contribution in [3.8, 4) is 11.5 Å². The number of hydrogen-bond acceptors (Lipinski definition) is 5. The number of alkyl halides is 3. The fourth-order valence-electron chi connectivity index (χ4n) is 3.48. The molecule has 1 fully saturated rings. The number of H-pyrrole nitrogens is 1. The van der Waals surface area contributed by atoms with Crippen LogP contribution in [0.4, 0.5) is 18.9 Å². The first-order chi connectivity index (χ1) is 12.2. The van der Waals surface area contributed by atoms with Gasteiger partial charge >= 0.3 is 11.9 Å². The molecule has 0 amide bonds. The zero-order valence-corrected chi connectivity index (χ0v) is 14.3. The van der Waals surface area contributed by atoms with Crippen molar-refractivity contribution < 1.29 is 17.6 Å². The van der Waals surface area contributed by atoms with Crippen LogP contribution in [0.2, 0.25) is 0 Å². The van der Waals surface area contributed by atoms with Gasteiger partial charge in [-0.2, -0.15) is 13.2 Å². The van der Waals surface area contributed by atoms with Gasteiger partial charge in [0.1, 0.15) is 0 Å². The van der Waals surface area contributed by atoms with Crippen LogP contribution >= 0.6 is 0 Å². The van der Waals surface area contributed by atoms with Gasteiger partial charge in [0.25, 0.3) is 0 Å². The minimum Gasteiger partial charge on any atom is -0.388 e.